The minimum atomic E-state index is -0.0487. The SMILES string of the molecule is CC(=O)Nc1ccc([C@@H]2CCCN2)cc1Br. The largest absolute Gasteiger partial charge is 0.325 e. The van der Waals surface area contributed by atoms with Crippen molar-refractivity contribution in [2.75, 3.05) is 11.9 Å². The van der Waals surface area contributed by atoms with Gasteiger partial charge in [-0.1, -0.05) is 6.07 Å². The topological polar surface area (TPSA) is 41.1 Å². The van der Waals surface area contributed by atoms with Crippen LogP contribution in [-0.4, -0.2) is 12.5 Å². The Labute approximate surface area is 104 Å². The fourth-order valence-corrected chi connectivity index (χ4v) is 2.50. The van der Waals surface area contributed by atoms with Gasteiger partial charge in [0.1, 0.15) is 0 Å². The fraction of sp³-hybridized carbons (Fsp3) is 0.417. The predicted octanol–water partition coefficient (Wildman–Crippen LogP) is 2.83. The van der Waals surface area contributed by atoms with E-state index in [4.69, 9.17) is 0 Å². The second-order valence-corrected chi connectivity index (χ2v) is 4.92. The number of nitrogens with one attached hydrogen (secondary N) is 2. The molecule has 1 fully saturated rings. The summed E-state index contributed by atoms with van der Waals surface area (Å²) in [6, 6.07) is 6.55. The normalized spacial score (nSPS) is 19.8. The number of halogens is 1. The average molecular weight is 283 g/mol. The number of rotatable bonds is 2. The van der Waals surface area contributed by atoms with E-state index in [-0.39, 0.29) is 5.91 Å². The number of hydrogen-bond acceptors (Lipinski definition) is 2. The minimum Gasteiger partial charge on any atom is -0.325 e. The minimum absolute atomic E-state index is 0.0487. The summed E-state index contributed by atoms with van der Waals surface area (Å²) in [5.41, 5.74) is 2.10. The van der Waals surface area contributed by atoms with Gasteiger partial charge in [-0.2, -0.15) is 0 Å². The molecule has 0 aliphatic carbocycles. The maximum absolute atomic E-state index is 11.0. The number of hydrogen-bond donors (Lipinski definition) is 2. The Kier molecular flexibility index (Phi) is 3.61. The Morgan fingerprint density at radius 2 is 2.38 bits per heavy atom. The first kappa shape index (κ1) is 11.6. The van der Waals surface area contributed by atoms with Crippen LogP contribution in [0.25, 0.3) is 0 Å². The first-order chi connectivity index (χ1) is 7.66. The van der Waals surface area contributed by atoms with Gasteiger partial charge in [0.2, 0.25) is 5.91 Å². The lowest BCUT2D eigenvalue weighted by atomic mass is 10.1. The van der Waals surface area contributed by atoms with Crippen molar-refractivity contribution in [3.05, 3.63) is 28.2 Å². The van der Waals surface area contributed by atoms with Gasteiger partial charge < -0.3 is 10.6 Å². The number of carbonyl (C=O) groups is 1. The van der Waals surface area contributed by atoms with Gasteiger partial charge in [-0.05, 0) is 53.0 Å². The van der Waals surface area contributed by atoms with Crippen molar-refractivity contribution in [2.45, 2.75) is 25.8 Å². The van der Waals surface area contributed by atoms with E-state index in [1.165, 1.54) is 25.3 Å². The molecule has 3 nitrogen and oxygen atoms in total. The number of carbonyl (C=O) groups excluding carboxylic acids is 1. The standard InChI is InChI=1S/C12H15BrN2O/c1-8(16)15-12-5-4-9(7-10(12)13)11-3-2-6-14-11/h4-5,7,11,14H,2-3,6H2,1H3,(H,15,16)/t11-/m0/s1. The third-order valence-electron chi connectivity index (χ3n) is 2.77. The summed E-state index contributed by atoms with van der Waals surface area (Å²) >= 11 is 3.48. The maximum atomic E-state index is 11.0. The number of amides is 1. The van der Waals surface area contributed by atoms with E-state index in [1.807, 2.05) is 6.07 Å². The molecule has 0 radical (unpaired) electrons. The van der Waals surface area contributed by atoms with Crippen LogP contribution in [-0.2, 0) is 4.79 Å². The maximum Gasteiger partial charge on any atom is 0.221 e. The molecule has 0 saturated carbocycles. The molecule has 1 aromatic rings. The van der Waals surface area contributed by atoms with Crippen LogP contribution in [0.5, 0.6) is 0 Å². The molecular weight excluding hydrogens is 268 g/mol. The molecule has 0 unspecified atom stereocenters. The van der Waals surface area contributed by atoms with Gasteiger partial charge in [0.25, 0.3) is 0 Å². The van der Waals surface area contributed by atoms with Gasteiger partial charge in [0, 0.05) is 17.4 Å². The Balaban J connectivity index is 2.18. The van der Waals surface area contributed by atoms with Crippen LogP contribution in [0.3, 0.4) is 0 Å². The lowest BCUT2D eigenvalue weighted by molar-refractivity contribution is -0.114. The van der Waals surface area contributed by atoms with E-state index >= 15 is 0 Å². The van der Waals surface area contributed by atoms with Gasteiger partial charge in [0.15, 0.2) is 0 Å². The lowest BCUT2D eigenvalue weighted by Gasteiger charge is -2.13. The Morgan fingerprint density at radius 3 is 2.94 bits per heavy atom. The van der Waals surface area contributed by atoms with E-state index in [0.717, 1.165) is 16.7 Å². The van der Waals surface area contributed by atoms with Crippen molar-refractivity contribution in [3.63, 3.8) is 0 Å². The Bertz CT molecular complexity index is 400. The second-order valence-electron chi connectivity index (χ2n) is 4.07. The molecule has 4 heteroatoms. The van der Waals surface area contributed by atoms with Crippen LogP contribution >= 0.6 is 15.9 Å². The van der Waals surface area contributed by atoms with Crippen molar-refractivity contribution < 1.29 is 4.79 Å². The van der Waals surface area contributed by atoms with Gasteiger partial charge >= 0.3 is 0 Å². The molecule has 2 rings (SSSR count). The Morgan fingerprint density at radius 1 is 1.56 bits per heavy atom. The van der Waals surface area contributed by atoms with Crippen LogP contribution in [0.15, 0.2) is 22.7 Å². The number of benzene rings is 1. The fourth-order valence-electron chi connectivity index (χ4n) is 2.01. The van der Waals surface area contributed by atoms with Crippen LogP contribution in [0.1, 0.15) is 31.4 Å². The van der Waals surface area contributed by atoms with E-state index < -0.39 is 0 Å². The Hall–Kier alpha value is -0.870. The average Bonchev–Trinajstić information content (AvgIpc) is 2.73. The summed E-state index contributed by atoms with van der Waals surface area (Å²) in [6.45, 7) is 2.61. The molecule has 1 atom stereocenters. The molecule has 1 saturated heterocycles. The van der Waals surface area contributed by atoms with Crippen LogP contribution < -0.4 is 10.6 Å². The zero-order chi connectivity index (χ0) is 11.5. The third kappa shape index (κ3) is 2.62. The third-order valence-corrected chi connectivity index (χ3v) is 3.42. The summed E-state index contributed by atoms with van der Waals surface area (Å²) in [4.78, 5) is 11.0. The summed E-state index contributed by atoms with van der Waals surface area (Å²) in [6.07, 6.45) is 2.42. The van der Waals surface area contributed by atoms with Crippen molar-refractivity contribution in [1.29, 1.82) is 0 Å². The van der Waals surface area contributed by atoms with Crippen molar-refractivity contribution in [2.24, 2.45) is 0 Å². The molecule has 86 valence electrons. The highest BCUT2D eigenvalue weighted by Gasteiger charge is 2.16. The van der Waals surface area contributed by atoms with Gasteiger partial charge in [-0.3, -0.25) is 4.79 Å². The smallest absolute Gasteiger partial charge is 0.221 e. The first-order valence-electron chi connectivity index (χ1n) is 5.47. The molecule has 1 aromatic carbocycles. The lowest BCUT2D eigenvalue weighted by Crippen LogP contribution is -2.13. The zero-order valence-corrected chi connectivity index (χ0v) is 10.8. The summed E-state index contributed by atoms with van der Waals surface area (Å²) < 4.78 is 0.939. The van der Waals surface area contributed by atoms with E-state index in [1.54, 1.807) is 0 Å². The van der Waals surface area contributed by atoms with Crippen LogP contribution in [0.4, 0.5) is 5.69 Å². The quantitative estimate of drug-likeness (QED) is 0.876. The summed E-state index contributed by atoms with van der Waals surface area (Å²) in [5.74, 6) is -0.0487. The van der Waals surface area contributed by atoms with Gasteiger partial charge in [0.05, 0.1) is 5.69 Å². The van der Waals surface area contributed by atoms with E-state index in [2.05, 4.69) is 38.7 Å². The van der Waals surface area contributed by atoms with Crippen molar-refractivity contribution in [1.82, 2.24) is 5.32 Å². The number of anilines is 1. The van der Waals surface area contributed by atoms with E-state index in [9.17, 15) is 4.79 Å². The first-order valence-corrected chi connectivity index (χ1v) is 6.26. The predicted molar refractivity (Wildman–Crippen MR) is 68.4 cm³/mol. The summed E-state index contributed by atoms with van der Waals surface area (Å²) in [7, 11) is 0. The molecule has 16 heavy (non-hydrogen) atoms. The van der Waals surface area contributed by atoms with Gasteiger partial charge in [-0.25, -0.2) is 0 Å². The van der Waals surface area contributed by atoms with Gasteiger partial charge in [-0.15, -0.1) is 0 Å². The highest BCUT2D eigenvalue weighted by molar-refractivity contribution is 9.10. The summed E-state index contributed by atoms with van der Waals surface area (Å²) in [5, 5.41) is 6.24. The van der Waals surface area contributed by atoms with Crippen molar-refractivity contribution >= 4 is 27.5 Å². The molecular formula is C12H15BrN2O. The molecule has 1 aliphatic heterocycles. The molecule has 1 heterocycles. The second kappa shape index (κ2) is 4.97. The molecule has 0 aromatic heterocycles. The highest BCUT2D eigenvalue weighted by Crippen LogP contribution is 2.29. The monoisotopic (exact) mass is 282 g/mol. The molecule has 1 amide bonds. The van der Waals surface area contributed by atoms with Crippen molar-refractivity contribution in [3.8, 4) is 0 Å². The van der Waals surface area contributed by atoms with E-state index in [0.29, 0.717) is 6.04 Å². The van der Waals surface area contributed by atoms with Crippen LogP contribution in [0, 0.1) is 0 Å². The molecule has 0 spiro atoms. The van der Waals surface area contributed by atoms with Crippen LogP contribution in [0.2, 0.25) is 0 Å². The zero-order valence-electron chi connectivity index (χ0n) is 9.22. The molecule has 1 aliphatic rings. The molecule has 2 N–H and O–H groups in total. The molecule has 0 bridgehead atoms. The highest BCUT2D eigenvalue weighted by atomic mass is 79.9.